The van der Waals surface area contributed by atoms with Gasteiger partial charge in [-0.3, -0.25) is 5.32 Å². The maximum Gasteiger partial charge on any atom is 0.409 e. The van der Waals surface area contributed by atoms with Crippen LogP contribution in [0.5, 0.6) is 0 Å². The summed E-state index contributed by atoms with van der Waals surface area (Å²) in [4.78, 5) is 10.4. The van der Waals surface area contributed by atoms with E-state index in [0.717, 1.165) is 11.6 Å². The Balaban J connectivity index is 2.35. The number of rotatable bonds is 2. The number of carboxylic acid groups (broad SMARTS) is 1. The summed E-state index contributed by atoms with van der Waals surface area (Å²) in [6, 6.07) is 13.3. The summed E-state index contributed by atoms with van der Waals surface area (Å²) >= 11 is 0. The number of hydrogen-bond acceptors (Lipinski definition) is 1. The van der Waals surface area contributed by atoms with Gasteiger partial charge in [-0.25, -0.2) is 9.18 Å². The summed E-state index contributed by atoms with van der Waals surface area (Å²) < 4.78 is 13.8. The van der Waals surface area contributed by atoms with Crippen LogP contribution in [-0.4, -0.2) is 11.2 Å². The van der Waals surface area contributed by atoms with Crippen molar-refractivity contribution in [1.82, 2.24) is 0 Å². The molecular weight excluding hydrogens is 221 g/mol. The van der Waals surface area contributed by atoms with E-state index in [2.05, 4.69) is 5.32 Å². The van der Waals surface area contributed by atoms with E-state index in [0.29, 0.717) is 5.56 Å². The Morgan fingerprint density at radius 1 is 1.12 bits per heavy atom. The van der Waals surface area contributed by atoms with Crippen LogP contribution in [0.4, 0.5) is 14.9 Å². The zero-order valence-electron chi connectivity index (χ0n) is 8.85. The molecule has 2 aromatic carbocycles. The van der Waals surface area contributed by atoms with Crippen LogP contribution in [0.2, 0.25) is 0 Å². The van der Waals surface area contributed by atoms with Crippen LogP contribution in [0.3, 0.4) is 0 Å². The maximum absolute atomic E-state index is 13.8. The lowest BCUT2D eigenvalue weighted by molar-refractivity contribution is 0.210. The molecule has 0 aliphatic carbocycles. The molecule has 17 heavy (non-hydrogen) atoms. The van der Waals surface area contributed by atoms with Crippen molar-refractivity contribution >= 4 is 11.8 Å². The van der Waals surface area contributed by atoms with Crippen LogP contribution >= 0.6 is 0 Å². The van der Waals surface area contributed by atoms with Gasteiger partial charge in [-0.2, -0.15) is 0 Å². The van der Waals surface area contributed by atoms with Crippen molar-refractivity contribution in [1.29, 1.82) is 0 Å². The highest BCUT2D eigenvalue weighted by Crippen LogP contribution is 2.24. The first-order chi connectivity index (χ1) is 8.16. The van der Waals surface area contributed by atoms with Crippen molar-refractivity contribution in [3.05, 3.63) is 54.3 Å². The van der Waals surface area contributed by atoms with Gasteiger partial charge < -0.3 is 5.11 Å². The van der Waals surface area contributed by atoms with E-state index < -0.39 is 11.9 Å². The highest BCUT2D eigenvalue weighted by atomic mass is 19.1. The van der Waals surface area contributed by atoms with Gasteiger partial charge in [0.05, 0.1) is 0 Å². The summed E-state index contributed by atoms with van der Waals surface area (Å²) in [6.07, 6.45) is -1.21. The number of halogens is 1. The Morgan fingerprint density at radius 3 is 2.41 bits per heavy atom. The molecule has 0 saturated carbocycles. The summed E-state index contributed by atoms with van der Waals surface area (Å²) in [7, 11) is 0. The third kappa shape index (κ3) is 2.60. The van der Waals surface area contributed by atoms with Gasteiger partial charge in [-0.15, -0.1) is 0 Å². The minimum Gasteiger partial charge on any atom is -0.465 e. The van der Waals surface area contributed by atoms with Crippen LogP contribution < -0.4 is 5.32 Å². The van der Waals surface area contributed by atoms with E-state index >= 15 is 0 Å². The summed E-state index contributed by atoms with van der Waals surface area (Å²) in [5.74, 6) is -0.456. The molecule has 0 aliphatic rings. The SMILES string of the molecule is O=C(O)Nc1ccc(-c2ccccc2)c(F)c1. The summed E-state index contributed by atoms with van der Waals surface area (Å²) in [5, 5.41) is 10.6. The van der Waals surface area contributed by atoms with Crippen molar-refractivity contribution in [2.24, 2.45) is 0 Å². The quantitative estimate of drug-likeness (QED) is 0.829. The molecule has 2 aromatic rings. The van der Waals surface area contributed by atoms with Crippen LogP contribution in [0.1, 0.15) is 0 Å². The lowest BCUT2D eigenvalue weighted by Crippen LogP contribution is -2.07. The van der Waals surface area contributed by atoms with Gasteiger partial charge in [0.15, 0.2) is 0 Å². The first kappa shape index (κ1) is 11.1. The molecule has 4 heteroatoms. The number of nitrogens with one attached hydrogen (secondary N) is 1. The Bertz CT molecular complexity index is 540. The van der Waals surface area contributed by atoms with Gasteiger partial charge in [-0.1, -0.05) is 30.3 Å². The molecule has 0 aromatic heterocycles. The minimum atomic E-state index is -1.21. The Labute approximate surface area is 97.5 Å². The zero-order valence-corrected chi connectivity index (χ0v) is 8.85. The molecule has 0 fully saturated rings. The Morgan fingerprint density at radius 2 is 1.82 bits per heavy atom. The van der Waals surface area contributed by atoms with E-state index in [1.165, 1.54) is 6.07 Å². The van der Waals surface area contributed by atoms with Gasteiger partial charge in [0.25, 0.3) is 0 Å². The third-order valence-electron chi connectivity index (χ3n) is 2.31. The standard InChI is InChI=1S/C13H10FNO2/c14-12-8-10(15-13(16)17)6-7-11(12)9-4-2-1-3-5-9/h1-8,15H,(H,16,17). The second-order valence-corrected chi connectivity index (χ2v) is 3.49. The monoisotopic (exact) mass is 231 g/mol. The van der Waals surface area contributed by atoms with Crippen LogP contribution in [0.25, 0.3) is 11.1 Å². The van der Waals surface area contributed by atoms with Crippen molar-refractivity contribution in [3.8, 4) is 11.1 Å². The molecule has 0 aliphatic heterocycles. The normalized spacial score (nSPS) is 9.94. The first-order valence-electron chi connectivity index (χ1n) is 5.02. The predicted molar refractivity (Wildman–Crippen MR) is 63.5 cm³/mol. The third-order valence-corrected chi connectivity index (χ3v) is 2.31. The average Bonchev–Trinajstić information content (AvgIpc) is 2.29. The highest BCUT2D eigenvalue weighted by Gasteiger charge is 2.06. The van der Waals surface area contributed by atoms with Gasteiger partial charge in [0.2, 0.25) is 0 Å². The van der Waals surface area contributed by atoms with E-state index in [1.807, 2.05) is 18.2 Å². The molecule has 0 bridgehead atoms. The topological polar surface area (TPSA) is 49.3 Å². The number of benzene rings is 2. The zero-order chi connectivity index (χ0) is 12.3. The number of anilines is 1. The predicted octanol–water partition coefficient (Wildman–Crippen LogP) is 3.58. The molecule has 0 radical (unpaired) electrons. The molecule has 86 valence electrons. The van der Waals surface area contributed by atoms with Crippen molar-refractivity contribution < 1.29 is 14.3 Å². The molecule has 0 unspecified atom stereocenters. The Hall–Kier alpha value is -2.36. The number of amides is 1. The summed E-state index contributed by atoms with van der Waals surface area (Å²) in [5.41, 5.74) is 1.42. The Kier molecular flexibility index (Phi) is 3.05. The molecule has 0 saturated heterocycles. The lowest BCUT2D eigenvalue weighted by Gasteiger charge is -2.06. The largest absolute Gasteiger partial charge is 0.465 e. The van der Waals surface area contributed by atoms with Crippen LogP contribution in [-0.2, 0) is 0 Å². The van der Waals surface area contributed by atoms with Crippen LogP contribution in [0, 0.1) is 5.82 Å². The number of carbonyl (C=O) groups is 1. The fourth-order valence-electron chi connectivity index (χ4n) is 1.57. The fraction of sp³-hybridized carbons (Fsp3) is 0. The lowest BCUT2D eigenvalue weighted by atomic mass is 10.0. The average molecular weight is 231 g/mol. The maximum atomic E-state index is 13.8. The smallest absolute Gasteiger partial charge is 0.409 e. The minimum absolute atomic E-state index is 0.217. The van der Waals surface area contributed by atoms with Crippen LogP contribution in [0.15, 0.2) is 48.5 Å². The molecular formula is C13H10FNO2. The van der Waals surface area contributed by atoms with Crippen molar-refractivity contribution in [2.45, 2.75) is 0 Å². The highest BCUT2D eigenvalue weighted by molar-refractivity contribution is 5.83. The van der Waals surface area contributed by atoms with Crippen molar-refractivity contribution in [3.63, 3.8) is 0 Å². The second kappa shape index (κ2) is 4.65. The number of hydrogen-bond donors (Lipinski definition) is 2. The van der Waals surface area contributed by atoms with Crippen molar-refractivity contribution in [2.75, 3.05) is 5.32 Å². The van der Waals surface area contributed by atoms with E-state index in [9.17, 15) is 9.18 Å². The molecule has 0 heterocycles. The van der Waals surface area contributed by atoms with Gasteiger partial charge in [0, 0.05) is 11.3 Å². The van der Waals surface area contributed by atoms with Gasteiger partial charge in [0.1, 0.15) is 5.82 Å². The molecule has 0 spiro atoms. The second-order valence-electron chi connectivity index (χ2n) is 3.49. The first-order valence-corrected chi connectivity index (χ1v) is 5.02. The van der Waals surface area contributed by atoms with E-state index in [-0.39, 0.29) is 5.69 Å². The molecule has 1 amide bonds. The van der Waals surface area contributed by atoms with E-state index in [4.69, 9.17) is 5.11 Å². The summed E-state index contributed by atoms with van der Waals surface area (Å²) in [6.45, 7) is 0. The van der Waals surface area contributed by atoms with E-state index in [1.54, 1.807) is 18.2 Å². The molecule has 3 nitrogen and oxygen atoms in total. The van der Waals surface area contributed by atoms with Gasteiger partial charge >= 0.3 is 6.09 Å². The molecule has 0 atom stereocenters. The molecule has 2 N–H and O–H groups in total. The van der Waals surface area contributed by atoms with Gasteiger partial charge in [-0.05, 0) is 23.8 Å². The molecule has 2 rings (SSSR count). The fourth-order valence-corrected chi connectivity index (χ4v) is 1.57.